The predicted octanol–water partition coefficient (Wildman–Crippen LogP) is 4.60. The van der Waals surface area contributed by atoms with Crippen molar-refractivity contribution >= 4 is 7.37 Å². The number of ether oxygens (including phenoxy) is 3. The van der Waals surface area contributed by atoms with Crippen LogP contribution in [-0.4, -0.2) is 45.1 Å². The van der Waals surface area contributed by atoms with Crippen LogP contribution in [0, 0.1) is 5.92 Å². The first kappa shape index (κ1) is 23.1. The number of hydrogen-bond acceptors (Lipinski definition) is 5. The molecular formula is C21H36NO5P. The smallest absolute Gasteiger partial charge is 0.203 e. The quantitative estimate of drug-likeness (QED) is 0.408. The fourth-order valence-corrected chi connectivity index (χ4v) is 5.99. The summed E-state index contributed by atoms with van der Waals surface area (Å²) < 4.78 is 28.7. The Morgan fingerprint density at radius 2 is 1.71 bits per heavy atom. The van der Waals surface area contributed by atoms with E-state index in [-0.39, 0.29) is 6.04 Å². The first-order chi connectivity index (χ1) is 13.4. The van der Waals surface area contributed by atoms with Gasteiger partial charge in [0.25, 0.3) is 0 Å². The Balaban J connectivity index is 1.84. The van der Waals surface area contributed by atoms with Gasteiger partial charge in [-0.2, -0.15) is 0 Å². The van der Waals surface area contributed by atoms with Gasteiger partial charge in [-0.05, 0) is 56.3 Å². The normalized spacial score (nSPS) is 18.3. The second-order valence-corrected chi connectivity index (χ2v) is 10.2. The zero-order chi connectivity index (χ0) is 20.6. The molecule has 0 radical (unpaired) electrons. The molecule has 1 aliphatic carbocycles. The molecule has 0 aromatic heterocycles. The Hall–Kier alpha value is -1.23. The molecule has 160 valence electrons. The van der Waals surface area contributed by atoms with Crippen molar-refractivity contribution in [3.63, 3.8) is 0 Å². The zero-order valence-corrected chi connectivity index (χ0v) is 18.6. The molecule has 1 aliphatic rings. The molecule has 1 fully saturated rings. The lowest BCUT2D eigenvalue weighted by molar-refractivity contribution is 0.323. The van der Waals surface area contributed by atoms with E-state index in [4.69, 9.17) is 14.2 Å². The van der Waals surface area contributed by atoms with E-state index in [1.165, 1.54) is 19.3 Å². The van der Waals surface area contributed by atoms with E-state index >= 15 is 0 Å². The van der Waals surface area contributed by atoms with Crippen LogP contribution in [0.3, 0.4) is 0 Å². The Morgan fingerprint density at radius 3 is 2.25 bits per heavy atom. The molecule has 1 aromatic carbocycles. The zero-order valence-electron chi connectivity index (χ0n) is 17.7. The van der Waals surface area contributed by atoms with E-state index in [1.807, 2.05) is 12.1 Å². The van der Waals surface area contributed by atoms with E-state index in [2.05, 4.69) is 12.2 Å². The summed E-state index contributed by atoms with van der Waals surface area (Å²) in [6.07, 6.45) is 7.48. The largest absolute Gasteiger partial charge is 0.493 e. The van der Waals surface area contributed by atoms with Gasteiger partial charge in [0.1, 0.15) is 0 Å². The van der Waals surface area contributed by atoms with Gasteiger partial charge >= 0.3 is 0 Å². The summed E-state index contributed by atoms with van der Waals surface area (Å²) in [5, 5.41) is 3.43. The monoisotopic (exact) mass is 413 g/mol. The molecular weight excluding hydrogens is 377 g/mol. The highest BCUT2D eigenvalue weighted by Gasteiger charge is 2.25. The molecule has 0 bridgehead atoms. The molecule has 0 spiro atoms. The van der Waals surface area contributed by atoms with E-state index in [0.717, 1.165) is 18.4 Å². The number of nitrogens with one attached hydrogen (secondary N) is 1. The van der Waals surface area contributed by atoms with Crippen LogP contribution in [0.15, 0.2) is 12.1 Å². The predicted molar refractivity (Wildman–Crippen MR) is 113 cm³/mol. The summed E-state index contributed by atoms with van der Waals surface area (Å²) in [5.74, 6) is 2.26. The number of hydrogen-bond donors (Lipinski definition) is 2. The molecule has 0 aliphatic heterocycles. The third kappa shape index (κ3) is 6.68. The first-order valence-corrected chi connectivity index (χ1v) is 12.3. The van der Waals surface area contributed by atoms with Crippen molar-refractivity contribution < 1.29 is 23.7 Å². The third-order valence-corrected chi connectivity index (χ3v) is 7.69. The minimum atomic E-state index is -3.03. The summed E-state index contributed by atoms with van der Waals surface area (Å²) in [4.78, 5) is 10.3. The van der Waals surface area contributed by atoms with Crippen molar-refractivity contribution in [1.29, 1.82) is 0 Å². The lowest BCUT2D eigenvalue weighted by atomic mass is 9.91. The van der Waals surface area contributed by atoms with Crippen molar-refractivity contribution in [2.24, 2.45) is 5.92 Å². The number of benzene rings is 1. The molecule has 2 rings (SSSR count). The first-order valence-electron chi connectivity index (χ1n) is 10.2. The second kappa shape index (κ2) is 11.1. The fraction of sp³-hybridized carbons (Fsp3) is 0.714. The van der Waals surface area contributed by atoms with Gasteiger partial charge in [-0.25, -0.2) is 0 Å². The second-order valence-electron chi connectivity index (χ2n) is 7.74. The van der Waals surface area contributed by atoms with Gasteiger partial charge in [0.05, 0.1) is 21.3 Å². The summed E-state index contributed by atoms with van der Waals surface area (Å²) in [5.41, 5.74) is 1.02. The molecule has 1 saturated carbocycles. The molecule has 2 atom stereocenters. The van der Waals surface area contributed by atoms with Crippen molar-refractivity contribution in [3.8, 4) is 17.2 Å². The van der Waals surface area contributed by atoms with Gasteiger partial charge in [0, 0.05) is 18.4 Å². The summed E-state index contributed by atoms with van der Waals surface area (Å²) >= 11 is 0. The van der Waals surface area contributed by atoms with Gasteiger partial charge in [-0.3, -0.25) is 4.57 Å². The summed E-state index contributed by atoms with van der Waals surface area (Å²) in [6.45, 7) is 2.74. The number of methoxy groups -OCH3 is 3. The Bertz CT molecular complexity index is 635. The molecule has 0 heterocycles. The Kier molecular flexibility index (Phi) is 9.13. The molecule has 1 aromatic rings. The highest BCUT2D eigenvalue weighted by Crippen LogP contribution is 2.46. The SMILES string of the molecule is COc1cc(C(C)NCCCP(=O)(O)CC2CCCCC2)cc(OC)c1OC. The molecule has 0 saturated heterocycles. The molecule has 6 nitrogen and oxygen atoms in total. The molecule has 7 heteroatoms. The summed E-state index contributed by atoms with van der Waals surface area (Å²) in [6, 6.07) is 3.92. The maximum atomic E-state index is 12.5. The van der Waals surface area contributed by atoms with E-state index in [1.54, 1.807) is 21.3 Å². The van der Waals surface area contributed by atoms with E-state index in [9.17, 15) is 9.46 Å². The van der Waals surface area contributed by atoms with Crippen LogP contribution in [0.4, 0.5) is 0 Å². The molecule has 28 heavy (non-hydrogen) atoms. The topological polar surface area (TPSA) is 77.0 Å². The van der Waals surface area contributed by atoms with Crippen LogP contribution in [0.2, 0.25) is 0 Å². The van der Waals surface area contributed by atoms with E-state index in [0.29, 0.717) is 48.5 Å². The van der Waals surface area contributed by atoms with Gasteiger partial charge in [0.15, 0.2) is 11.5 Å². The van der Waals surface area contributed by atoms with Crippen LogP contribution >= 0.6 is 7.37 Å². The van der Waals surface area contributed by atoms with Crippen molar-refractivity contribution in [1.82, 2.24) is 5.32 Å². The van der Waals surface area contributed by atoms with Crippen LogP contribution in [0.25, 0.3) is 0 Å². The van der Waals surface area contributed by atoms with E-state index < -0.39 is 7.37 Å². The van der Waals surface area contributed by atoms with Crippen molar-refractivity contribution in [2.75, 3.05) is 40.2 Å². The average Bonchev–Trinajstić information content (AvgIpc) is 2.70. The minimum absolute atomic E-state index is 0.0603. The number of rotatable bonds is 11. The highest BCUT2D eigenvalue weighted by atomic mass is 31.2. The van der Waals surface area contributed by atoms with Crippen LogP contribution < -0.4 is 19.5 Å². The Labute approximate surface area is 169 Å². The third-order valence-electron chi connectivity index (χ3n) is 5.59. The van der Waals surface area contributed by atoms with Gasteiger partial charge in [-0.15, -0.1) is 0 Å². The molecule has 2 unspecified atom stereocenters. The molecule has 2 N–H and O–H groups in total. The van der Waals surface area contributed by atoms with Crippen LogP contribution in [0.5, 0.6) is 17.2 Å². The highest BCUT2D eigenvalue weighted by molar-refractivity contribution is 7.57. The molecule has 0 amide bonds. The lowest BCUT2D eigenvalue weighted by Gasteiger charge is -2.24. The maximum Gasteiger partial charge on any atom is 0.203 e. The Morgan fingerprint density at radius 1 is 1.11 bits per heavy atom. The fourth-order valence-electron chi connectivity index (χ4n) is 3.98. The van der Waals surface area contributed by atoms with Crippen molar-refractivity contribution in [3.05, 3.63) is 17.7 Å². The standard InChI is InChI=1S/C21H36NO5P/c1-16(18-13-19(25-2)21(27-4)20(14-18)26-3)22-11-8-12-28(23,24)15-17-9-6-5-7-10-17/h13-14,16-17,22H,5-12,15H2,1-4H3,(H,23,24). The van der Waals surface area contributed by atoms with Crippen LogP contribution in [0.1, 0.15) is 57.1 Å². The van der Waals surface area contributed by atoms with Gasteiger partial charge in [0.2, 0.25) is 13.1 Å². The lowest BCUT2D eigenvalue weighted by Crippen LogP contribution is -2.21. The summed E-state index contributed by atoms with van der Waals surface area (Å²) in [7, 11) is 1.76. The average molecular weight is 413 g/mol. The minimum Gasteiger partial charge on any atom is -0.493 e. The van der Waals surface area contributed by atoms with Gasteiger partial charge in [-0.1, -0.05) is 19.3 Å². The van der Waals surface area contributed by atoms with Crippen LogP contribution in [-0.2, 0) is 4.57 Å². The van der Waals surface area contributed by atoms with Gasteiger partial charge < -0.3 is 24.4 Å². The maximum absolute atomic E-state index is 12.5. The van der Waals surface area contributed by atoms with Crippen molar-refractivity contribution in [2.45, 2.75) is 51.5 Å².